The quantitative estimate of drug-likeness (QED) is 0.667. The molecule has 0 amide bonds. The third kappa shape index (κ3) is 1.59. The summed E-state index contributed by atoms with van der Waals surface area (Å²) in [6, 6.07) is 7.09. The van der Waals surface area contributed by atoms with Crippen LogP contribution in [0.15, 0.2) is 35.4 Å². The number of tetrazole rings is 1. The van der Waals surface area contributed by atoms with Gasteiger partial charge in [0.05, 0.1) is 11.2 Å². The van der Waals surface area contributed by atoms with Crippen molar-refractivity contribution in [1.29, 1.82) is 0 Å². The molecule has 0 aliphatic carbocycles. The van der Waals surface area contributed by atoms with Crippen LogP contribution in [-0.2, 0) is 0 Å². The lowest BCUT2D eigenvalue weighted by atomic mass is 10.1. The second-order valence-electron chi connectivity index (χ2n) is 3.77. The molecule has 1 N–H and O–H groups in total. The van der Waals surface area contributed by atoms with E-state index in [4.69, 9.17) is 0 Å². The van der Waals surface area contributed by atoms with E-state index in [1.807, 2.05) is 19.1 Å². The van der Waals surface area contributed by atoms with Gasteiger partial charge in [0.2, 0.25) is 5.56 Å². The van der Waals surface area contributed by atoms with Crippen LogP contribution < -0.4 is 5.56 Å². The number of nitrogens with zero attached hydrogens (tertiary/aromatic N) is 4. The third-order valence-corrected chi connectivity index (χ3v) is 2.59. The van der Waals surface area contributed by atoms with Gasteiger partial charge in [-0.15, -0.1) is 15.0 Å². The molecule has 84 valence electrons. The van der Waals surface area contributed by atoms with Crippen LogP contribution in [0.1, 0.15) is 5.56 Å². The maximum Gasteiger partial charge on any atom is 0.248 e. The van der Waals surface area contributed by atoms with Gasteiger partial charge in [0.25, 0.3) is 0 Å². The van der Waals surface area contributed by atoms with Crippen molar-refractivity contribution in [2.45, 2.75) is 6.92 Å². The third-order valence-electron chi connectivity index (χ3n) is 2.59. The summed E-state index contributed by atoms with van der Waals surface area (Å²) in [5.74, 6) is 0. The van der Waals surface area contributed by atoms with Crippen LogP contribution in [-0.4, -0.2) is 25.2 Å². The minimum Gasteiger partial charge on any atom is -0.322 e. The smallest absolute Gasteiger partial charge is 0.248 e. The maximum atomic E-state index is 11.3. The van der Waals surface area contributed by atoms with Crippen molar-refractivity contribution in [1.82, 2.24) is 25.2 Å². The first kappa shape index (κ1) is 9.71. The molecule has 6 nitrogen and oxygen atoms in total. The SMILES string of the molecule is Cc1cc(-n2ncnn2)cc2ccc(=O)[nH]c12. The van der Waals surface area contributed by atoms with Gasteiger partial charge in [0.1, 0.15) is 0 Å². The average molecular weight is 227 g/mol. The normalized spacial score (nSPS) is 10.9. The van der Waals surface area contributed by atoms with Crippen LogP contribution in [0.25, 0.3) is 16.6 Å². The molecule has 0 radical (unpaired) electrons. The first-order chi connectivity index (χ1) is 8.24. The lowest BCUT2D eigenvalue weighted by molar-refractivity contribution is 0.720. The summed E-state index contributed by atoms with van der Waals surface area (Å²) >= 11 is 0. The predicted molar refractivity (Wildman–Crippen MR) is 62.0 cm³/mol. The Balaban J connectivity index is 2.32. The molecule has 17 heavy (non-hydrogen) atoms. The molecule has 0 saturated carbocycles. The highest BCUT2D eigenvalue weighted by atomic mass is 16.1. The Bertz CT molecular complexity index is 729. The van der Waals surface area contributed by atoms with Gasteiger partial charge < -0.3 is 4.98 Å². The topological polar surface area (TPSA) is 76.5 Å². The highest BCUT2D eigenvalue weighted by Crippen LogP contribution is 2.18. The molecule has 2 aromatic heterocycles. The first-order valence-electron chi connectivity index (χ1n) is 5.11. The van der Waals surface area contributed by atoms with Crippen LogP contribution in [0, 0.1) is 6.92 Å². The van der Waals surface area contributed by atoms with E-state index in [0.717, 1.165) is 22.2 Å². The Morgan fingerprint density at radius 1 is 1.29 bits per heavy atom. The molecule has 0 unspecified atom stereocenters. The van der Waals surface area contributed by atoms with Crippen LogP contribution in [0.3, 0.4) is 0 Å². The summed E-state index contributed by atoms with van der Waals surface area (Å²) < 4.78 is 0. The number of hydrogen-bond acceptors (Lipinski definition) is 4. The molecule has 0 aliphatic heterocycles. The fourth-order valence-corrected chi connectivity index (χ4v) is 1.83. The second-order valence-corrected chi connectivity index (χ2v) is 3.77. The van der Waals surface area contributed by atoms with Gasteiger partial charge in [-0.3, -0.25) is 4.79 Å². The van der Waals surface area contributed by atoms with Gasteiger partial charge in [0.15, 0.2) is 6.33 Å². The number of hydrogen-bond donors (Lipinski definition) is 1. The molecule has 0 spiro atoms. The number of pyridine rings is 1. The number of fused-ring (bicyclic) bond motifs is 1. The first-order valence-corrected chi connectivity index (χ1v) is 5.11. The van der Waals surface area contributed by atoms with Gasteiger partial charge >= 0.3 is 0 Å². The Labute approximate surface area is 95.9 Å². The van der Waals surface area contributed by atoms with E-state index in [1.165, 1.54) is 17.2 Å². The zero-order valence-corrected chi connectivity index (χ0v) is 9.08. The Hall–Kier alpha value is -2.50. The van der Waals surface area contributed by atoms with E-state index < -0.39 is 0 Å². The molecule has 1 aromatic carbocycles. The molecular weight excluding hydrogens is 218 g/mol. The Morgan fingerprint density at radius 3 is 2.94 bits per heavy atom. The van der Waals surface area contributed by atoms with E-state index in [2.05, 4.69) is 20.4 Å². The number of aromatic nitrogens is 5. The lowest BCUT2D eigenvalue weighted by Gasteiger charge is -2.05. The summed E-state index contributed by atoms with van der Waals surface area (Å²) in [4.78, 5) is 15.5. The fourth-order valence-electron chi connectivity index (χ4n) is 1.83. The lowest BCUT2D eigenvalue weighted by Crippen LogP contribution is -2.05. The van der Waals surface area contributed by atoms with Gasteiger partial charge in [-0.05, 0) is 35.9 Å². The van der Waals surface area contributed by atoms with E-state index in [1.54, 1.807) is 6.07 Å². The van der Waals surface area contributed by atoms with Crippen molar-refractivity contribution in [3.05, 3.63) is 46.5 Å². The van der Waals surface area contributed by atoms with Crippen molar-refractivity contribution in [2.24, 2.45) is 0 Å². The van der Waals surface area contributed by atoms with Gasteiger partial charge in [-0.25, -0.2) is 0 Å². The monoisotopic (exact) mass is 227 g/mol. The molecule has 0 bridgehead atoms. The van der Waals surface area contributed by atoms with Gasteiger partial charge in [-0.2, -0.15) is 0 Å². The van der Waals surface area contributed by atoms with E-state index in [9.17, 15) is 4.79 Å². The van der Waals surface area contributed by atoms with Crippen molar-refractivity contribution in [2.75, 3.05) is 0 Å². The van der Waals surface area contributed by atoms with Crippen LogP contribution in [0.5, 0.6) is 0 Å². The summed E-state index contributed by atoms with van der Waals surface area (Å²) in [6.07, 6.45) is 1.38. The molecule has 2 heterocycles. The van der Waals surface area contributed by atoms with E-state index >= 15 is 0 Å². The van der Waals surface area contributed by atoms with Crippen molar-refractivity contribution < 1.29 is 0 Å². The number of aromatic amines is 1. The molecule has 0 fully saturated rings. The second kappa shape index (κ2) is 3.51. The summed E-state index contributed by atoms with van der Waals surface area (Å²) in [5.41, 5.74) is 2.51. The molecule has 3 rings (SSSR count). The molecule has 3 aromatic rings. The zero-order valence-electron chi connectivity index (χ0n) is 9.08. The van der Waals surface area contributed by atoms with Crippen molar-refractivity contribution in [3.63, 3.8) is 0 Å². The molecular formula is C11H9N5O. The van der Waals surface area contributed by atoms with Crippen LogP contribution >= 0.6 is 0 Å². The largest absolute Gasteiger partial charge is 0.322 e. The van der Waals surface area contributed by atoms with Crippen molar-refractivity contribution in [3.8, 4) is 5.69 Å². The minimum absolute atomic E-state index is 0.104. The van der Waals surface area contributed by atoms with Gasteiger partial charge in [0, 0.05) is 11.5 Å². The maximum absolute atomic E-state index is 11.3. The standard InChI is InChI=1S/C11H9N5O/c1-7-4-9(16-13-6-12-15-16)5-8-2-3-10(17)14-11(7)8/h2-6H,1H3,(H,14,17). The molecule has 0 aliphatic rings. The average Bonchev–Trinajstić information content (AvgIpc) is 2.83. The molecule has 6 heteroatoms. The Kier molecular flexibility index (Phi) is 2.01. The van der Waals surface area contributed by atoms with Gasteiger partial charge in [-0.1, -0.05) is 0 Å². The van der Waals surface area contributed by atoms with Crippen LogP contribution in [0.4, 0.5) is 0 Å². The molecule has 0 atom stereocenters. The van der Waals surface area contributed by atoms with E-state index in [-0.39, 0.29) is 5.56 Å². The molecule has 0 saturated heterocycles. The fraction of sp³-hybridized carbons (Fsp3) is 0.0909. The number of rotatable bonds is 1. The highest BCUT2D eigenvalue weighted by molar-refractivity contribution is 5.83. The summed E-state index contributed by atoms with van der Waals surface area (Å²) in [5, 5.41) is 12.4. The number of benzene rings is 1. The van der Waals surface area contributed by atoms with E-state index in [0.29, 0.717) is 0 Å². The zero-order chi connectivity index (χ0) is 11.8. The van der Waals surface area contributed by atoms with Crippen molar-refractivity contribution >= 4 is 10.9 Å². The predicted octanol–water partition coefficient (Wildman–Crippen LogP) is 0.812. The number of nitrogens with one attached hydrogen (secondary N) is 1. The van der Waals surface area contributed by atoms with Crippen LogP contribution in [0.2, 0.25) is 0 Å². The summed E-state index contributed by atoms with van der Waals surface area (Å²) in [7, 11) is 0. The Morgan fingerprint density at radius 2 is 2.18 bits per heavy atom. The summed E-state index contributed by atoms with van der Waals surface area (Å²) in [6.45, 7) is 1.93. The highest BCUT2D eigenvalue weighted by Gasteiger charge is 2.04. The number of aryl methyl sites for hydroxylation is 1. The number of H-pyrrole nitrogens is 1. The minimum atomic E-state index is -0.104.